The lowest BCUT2D eigenvalue weighted by molar-refractivity contribution is -0.137. The van der Waals surface area contributed by atoms with Crippen LogP contribution in [0.15, 0.2) is 29.2 Å². The van der Waals surface area contributed by atoms with Gasteiger partial charge in [0.1, 0.15) is 5.82 Å². The lowest BCUT2D eigenvalue weighted by Crippen LogP contribution is -2.18. The predicted octanol–water partition coefficient (Wildman–Crippen LogP) is 3.02. The third-order valence-electron chi connectivity index (χ3n) is 3.03. The zero-order valence-corrected chi connectivity index (χ0v) is 11.5. The molecule has 7 heteroatoms. The Morgan fingerprint density at radius 1 is 1.29 bits per heavy atom. The van der Waals surface area contributed by atoms with Gasteiger partial charge >= 0.3 is 6.18 Å². The summed E-state index contributed by atoms with van der Waals surface area (Å²) in [5, 5.41) is 2.84. The molecular formula is C14H14F3N3O. The maximum absolute atomic E-state index is 12.4. The van der Waals surface area contributed by atoms with Crippen LogP contribution >= 0.6 is 0 Å². The van der Waals surface area contributed by atoms with Crippen molar-refractivity contribution in [1.29, 1.82) is 0 Å². The van der Waals surface area contributed by atoms with Crippen molar-refractivity contribution in [3.63, 3.8) is 0 Å². The largest absolute Gasteiger partial charge is 0.417 e. The van der Waals surface area contributed by atoms with Crippen LogP contribution in [0.1, 0.15) is 22.4 Å². The summed E-state index contributed by atoms with van der Waals surface area (Å²) in [7, 11) is 0. The van der Waals surface area contributed by atoms with Gasteiger partial charge in [-0.15, -0.1) is 0 Å². The number of pyridine rings is 2. The van der Waals surface area contributed by atoms with Crippen molar-refractivity contribution in [2.75, 3.05) is 5.32 Å². The Balaban J connectivity index is 2.12. The molecule has 0 spiro atoms. The van der Waals surface area contributed by atoms with Gasteiger partial charge in [0, 0.05) is 24.0 Å². The Hall–Kier alpha value is -2.31. The van der Waals surface area contributed by atoms with Crippen molar-refractivity contribution >= 4 is 5.82 Å². The van der Waals surface area contributed by atoms with Gasteiger partial charge in [-0.2, -0.15) is 13.2 Å². The fourth-order valence-corrected chi connectivity index (χ4v) is 1.95. The molecule has 0 saturated carbocycles. The Morgan fingerprint density at radius 2 is 2.00 bits per heavy atom. The van der Waals surface area contributed by atoms with E-state index < -0.39 is 11.7 Å². The van der Waals surface area contributed by atoms with Crippen LogP contribution in [-0.2, 0) is 12.7 Å². The number of nitrogens with one attached hydrogen (secondary N) is 2. The summed E-state index contributed by atoms with van der Waals surface area (Å²) < 4.78 is 37.2. The molecule has 0 aliphatic carbocycles. The number of H-pyrrole nitrogens is 1. The third-order valence-corrected chi connectivity index (χ3v) is 3.03. The summed E-state index contributed by atoms with van der Waals surface area (Å²) in [4.78, 5) is 18.2. The van der Waals surface area contributed by atoms with Gasteiger partial charge in [-0.3, -0.25) is 4.79 Å². The quantitative estimate of drug-likeness (QED) is 0.915. The van der Waals surface area contributed by atoms with Crippen LogP contribution in [0.5, 0.6) is 0 Å². The summed E-state index contributed by atoms with van der Waals surface area (Å²) in [5.74, 6) is 0.280. The van der Waals surface area contributed by atoms with Gasteiger partial charge in [-0.1, -0.05) is 0 Å². The summed E-state index contributed by atoms with van der Waals surface area (Å²) in [5.41, 5.74) is 1.08. The van der Waals surface area contributed by atoms with Gasteiger partial charge in [-0.05, 0) is 37.6 Å². The number of aryl methyl sites for hydroxylation is 2. The standard InChI is InChI=1S/C14H14F3N3O/c1-8-5-9(2)20-13(21)11(8)7-19-12-4-3-10(6-18-12)14(15,16)17/h3-6H,7H2,1-2H3,(H,18,19)(H,20,21). The van der Waals surface area contributed by atoms with Gasteiger partial charge in [0.05, 0.1) is 5.56 Å². The second-order valence-corrected chi connectivity index (χ2v) is 4.73. The van der Waals surface area contributed by atoms with Crippen LogP contribution in [-0.4, -0.2) is 9.97 Å². The highest BCUT2D eigenvalue weighted by atomic mass is 19.4. The first kappa shape index (κ1) is 15.1. The Labute approximate surface area is 119 Å². The normalized spacial score (nSPS) is 11.5. The zero-order chi connectivity index (χ0) is 15.6. The molecule has 0 bridgehead atoms. The van der Waals surface area contributed by atoms with E-state index in [0.717, 1.165) is 23.5 Å². The minimum atomic E-state index is -4.41. The van der Waals surface area contributed by atoms with Crippen LogP contribution in [0.2, 0.25) is 0 Å². The monoisotopic (exact) mass is 297 g/mol. The van der Waals surface area contributed by atoms with E-state index in [9.17, 15) is 18.0 Å². The third kappa shape index (κ3) is 3.62. The Bertz CT molecular complexity index is 690. The molecule has 0 saturated heterocycles. The van der Waals surface area contributed by atoms with Gasteiger partial charge in [0.15, 0.2) is 0 Å². The number of aromatic nitrogens is 2. The fourth-order valence-electron chi connectivity index (χ4n) is 1.95. The molecule has 0 aliphatic rings. The molecule has 0 amide bonds. The van der Waals surface area contributed by atoms with Crippen molar-refractivity contribution in [3.05, 3.63) is 57.1 Å². The Morgan fingerprint density at radius 3 is 2.52 bits per heavy atom. The Kier molecular flexibility index (Phi) is 4.02. The first-order valence-electron chi connectivity index (χ1n) is 6.24. The molecule has 0 unspecified atom stereocenters. The lowest BCUT2D eigenvalue weighted by atomic mass is 10.1. The minimum Gasteiger partial charge on any atom is -0.366 e. The fraction of sp³-hybridized carbons (Fsp3) is 0.286. The maximum atomic E-state index is 12.4. The number of hydrogen-bond donors (Lipinski definition) is 2. The highest BCUT2D eigenvalue weighted by molar-refractivity contribution is 5.38. The lowest BCUT2D eigenvalue weighted by Gasteiger charge is -2.10. The number of anilines is 1. The van der Waals surface area contributed by atoms with Gasteiger partial charge in [0.2, 0.25) is 0 Å². The van der Waals surface area contributed by atoms with Crippen LogP contribution in [0, 0.1) is 13.8 Å². The topological polar surface area (TPSA) is 57.8 Å². The molecule has 2 aromatic heterocycles. The highest BCUT2D eigenvalue weighted by Crippen LogP contribution is 2.28. The molecular weight excluding hydrogens is 283 g/mol. The predicted molar refractivity (Wildman–Crippen MR) is 73.1 cm³/mol. The second-order valence-electron chi connectivity index (χ2n) is 4.73. The molecule has 21 heavy (non-hydrogen) atoms. The van der Waals surface area contributed by atoms with Crippen molar-refractivity contribution in [2.45, 2.75) is 26.6 Å². The summed E-state index contributed by atoms with van der Waals surface area (Å²) in [6, 6.07) is 4.01. The molecule has 2 heterocycles. The van der Waals surface area contributed by atoms with E-state index in [0.29, 0.717) is 5.56 Å². The van der Waals surface area contributed by atoms with Crippen LogP contribution in [0.25, 0.3) is 0 Å². The number of nitrogens with zero attached hydrogens (tertiary/aromatic N) is 1. The maximum Gasteiger partial charge on any atom is 0.417 e. The van der Waals surface area contributed by atoms with Gasteiger partial charge < -0.3 is 10.3 Å². The molecule has 0 fully saturated rings. The average Bonchev–Trinajstić information content (AvgIpc) is 2.37. The number of rotatable bonds is 3. The highest BCUT2D eigenvalue weighted by Gasteiger charge is 2.30. The van der Waals surface area contributed by atoms with E-state index in [1.54, 1.807) is 13.8 Å². The first-order valence-corrected chi connectivity index (χ1v) is 6.24. The van der Waals surface area contributed by atoms with Crippen molar-refractivity contribution in [2.24, 2.45) is 0 Å². The molecule has 2 rings (SSSR count). The summed E-state index contributed by atoms with van der Waals surface area (Å²) >= 11 is 0. The van der Waals surface area contributed by atoms with Crippen LogP contribution in [0.3, 0.4) is 0 Å². The smallest absolute Gasteiger partial charge is 0.366 e. The van der Waals surface area contributed by atoms with E-state index in [4.69, 9.17) is 0 Å². The zero-order valence-electron chi connectivity index (χ0n) is 11.5. The van der Waals surface area contributed by atoms with Crippen molar-refractivity contribution < 1.29 is 13.2 Å². The first-order chi connectivity index (χ1) is 9.77. The van der Waals surface area contributed by atoms with Gasteiger partial charge in [-0.25, -0.2) is 4.98 Å². The number of alkyl halides is 3. The molecule has 2 aromatic rings. The molecule has 0 atom stereocenters. The minimum absolute atomic E-state index is 0.194. The van der Waals surface area contributed by atoms with E-state index in [-0.39, 0.29) is 17.9 Å². The van der Waals surface area contributed by atoms with Crippen LogP contribution in [0.4, 0.5) is 19.0 Å². The summed E-state index contributed by atoms with van der Waals surface area (Å²) in [6.07, 6.45) is -3.65. The van der Waals surface area contributed by atoms with Crippen molar-refractivity contribution in [3.8, 4) is 0 Å². The van der Waals surface area contributed by atoms with E-state index in [1.165, 1.54) is 6.07 Å². The SMILES string of the molecule is Cc1cc(C)c(CNc2ccc(C(F)(F)F)cn2)c(=O)[nH]1. The molecule has 0 aromatic carbocycles. The average molecular weight is 297 g/mol. The molecule has 0 aliphatic heterocycles. The summed E-state index contributed by atoms with van der Waals surface area (Å²) in [6.45, 7) is 3.78. The molecule has 4 nitrogen and oxygen atoms in total. The van der Waals surface area contributed by atoms with E-state index >= 15 is 0 Å². The van der Waals surface area contributed by atoms with Crippen LogP contribution < -0.4 is 10.9 Å². The second kappa shape index (κ2) is 5.59. The number of aromatic amines is 1. The number of hydrogen-bond acceptors (Lipinski definition) is 3. The molecule has 0 radical (unpaired) electrons. The van der Waals surface area contributed by atoms with E-state index in [2.05, 4.69) is 15.3 Å². The number of halogens is 3. The molecule has 2 N–H and O–H groups in total. The van der Waals surface area contributed by atoms with E-state index in [1.807, 2.05) is 6.07 Å². The van der Waals surface area contributed by atoms with Crippen molar-refractivity contribution in [1.82, 2.24) is 9.97 Å². The molecule has 112 valence electrons. The van der Waals surface area contributed by atoms with Gasteiger partial charge in [0.25, 0.3) is 5.56 Å².